The van der Waals surface area contributed by atoms with Gasteiger partial charge in [0, 0.05) is 19.7 Å². The topological polar surface area (TPSA) is 47.3 Å². The standard InChI is InChI=1S/C9H22N2OSi.ClH/c10-4-6-11-5-3-9-13-8-2-1-7-12-13;/h11,13H,1-10H2;1H. The molecule has 1 atom stereocenters. The third-order valence-electron chi connectivity index (χ3n) is 2.47. The zero-order valence-corrected chi connectivity index (χ0v) is 10.8. The summed E-state index contributed by atoms with van der Waals surface area (Å²) >= 11 is 0. The van der Waals surface area contributed by atoms with Crippen LogP contribution in [0.3, 0.4) is 0 Å². The maximum absolute atomic E-state index is 5.77. The van der Waals surface area contributed by atoms with E-state index >= 15 is 0 Å². The van der Waals surface area contributed by atoms with Gasteiger partial charge in [-0.15, -0.1) is 12.4 Å². The van der Waals surface area contributed by atoms with Crippen LogP contribution in [-0.2, 0) is 4.43 Å². The van der Waals surface area contributed by atoms with Gasteiger partial charge < -0.3 is 15.5 Å². The maximum Gasteiger partial charge on any atom is 0.176 e. The molecule has 1 unspecified atom stereocenters. The fourth-order valence-corrected chi connectivity index (χ4v) is 4.24. The molecule has 0 saturated carbocycles. The highest BCUT2D eigenvalue weighted by Gasteiger charge is 2.14. The number of nitrogens with one attached hydrogen (secondary N) is 1. The Morgan fingerprint density at radius 3 is 2.79 bits per heavy atom. The second kappa shape index (κ2) is 9.92. The molecule has 5 heteroatoms. The zero-order chi connectivity index (χ0) is 9.36. The first-order chi connectivity index (χ1) is 6.43. The highest BCUT2D eigenvalue weighted by molar-refractivity contribution is 6.51. The minimum atomic E-state index is -0.749. The minimum Gasteiger partial charge on any atom is -0.420 e. The van der Waals surface area contributed by atoms with Gasteiger partial charge >= 0.3 is 0 Å². The number of rotatable bonds is 6. The summed E-state index contributed by atoms with van der Waals surface area (Å²) in [6.45, 7) is 3.85. The Morgan fingerprint density at radius 2 is 2.14 bits per heavy atom. The predicted octanol–water partition coefficient (Wildman–Crippen LogP) is 0.881. The zero-order valence-electron chi connectivity index (χ0n) is 8.84. The van der Waals surface area contributed by atoms with Crippen molar-refractivity contribution in [2.45, 2.75) is 31.4 Å². The highest BCUT2D eigenvalue weighted by atomic mass is 35.5. The molecule has 1 aliphatic rings. The van der Waals surface area contributed by atoms with Gasteiger partial charge in [-0.2, -0.15) is 0 Å². The van der Waals surface area contributed by atoms with Crippen LogP contribution < -0.4 is 11.1 Å². The molecule has 3 N–H and O–H groups in total. The Balaban J connectivity index is 0.00000169. The molecule has 1 aliphatic heterocycles. The lowest BCUT2D eigenvalue weighted by Gasteiger charge is -2.20. The Morgan fingerprint density at radius 1 is 1.29 bits per heavy atom. The van der Waals surface area contributed by atoms with Crippen LogP contribution in [0.5, 0.6) is 0 Å². The Hall–Kier alpha value is 0.387. The molecule has 0 bridgehead atoms. The summed E-state index contributed by atoms with van der Waals surface area (Å²) in [5.41, 5.74) is 5.38. The summed E-state index contributed by atoms with van der Waals surface area (Å²) < 4.78 is 5.77. The predicted molar refractivity (Wildman–Crippen MR) is 65.7 cm³/mol. The number of hydrogen-bond donors (Lipinski definition) is 2. The lowest BCUT2D eigenvalue weighted by atomic mass is 10.4. The fraction of sp³-hybridized carbons (Fsp3) is 1.00. The molecule has 1 heterocycles. The van der Waals surface area contributed by atoms with E-state index in [9.17, 15) is 0 Å². The van der Waals surface area contributed by atoms with Crippen molar-refractivity contribution in [3.05, 3.63) is 0 Å². The summed E-state index contributed by atoms with van der Waals surface area (Å²) in [7, 11) is -0.749. The minimum absolute atomic E-state index is 0. The second-order valence-corrected chi connectivity index (χ2v) is 6.40. The van der Waals surface area contributed by atoms with Gasteiger partial charge in [-0.05, 0) is 31.5 Å². The summed E-state index contributed by atoms with van der Waals surface area (Å²) in [4.78, 5) is 0. The molecule has 0 spiro atoms. The second-order valence-electron chi connectivity index (χ2n) is 3.67. The van der Waals surface area contributed by atoms with Crippen LogP contribution in [0.1, 0.15) is 19.3 Å². The van der Waals surface area contributed by atoms with E-state index < -0.39 is 9.04 Å². The van der Waals surface area contributed by atoms with Gasteiger partial charge in [-0.25, -0.2) is 0 Å². The monoisotopic (exact) mass is 238 g/mol. The maximum atomic E-state index is 5.77. The quantitative estimate of drug-likeness (QED) is 0.534. The third kappa shape index (κ3) is 6.78. The molecule has 0 aliphatic carbocycles. The number of nitrogens with two attached hydrogens (primary N) is 1. The molecule has 1 fully saturated rings. The van der Waals surface area contributed by atoms with Gasteiger partial charge in [0.15, 0.2) is 9.04 Å². The lowest BCUT2D eigenvalue weighted by molar-refractivity contribution is 0.286. The van der Waals surface area contributed by atoms with Crippen molar-refractivity contribution in [1.29, 1.82) is 0 Å². The van der Waals surface area contributed by atoms with Crippen LogP contribution in [0.4, 0.5) is 0 Å². The van der Waals surface area contributed by atoms with Gasteiger partial charge in [-0.3, -0.25) is 0 Å². The number of halogens is 1. The Kier molecular flexibility index (Phi) is 10.2. The third-order valence-corrected chi connectivity index (χ3v) is 5.29. The van der Waals surface area contributed by atoms with Gasteiger partial charge in [-0.1, -0.05) is 6.42 Å². The molecule has 0 aromatic rings. The van der Waals surface area contributed by atoms with Gasteiger partial charge in [0.05, 0.1) is 0 Å². The summed E-state index contributed by atoms with van der Waals surface area (Å²) in [5.74, 6) is 0. The van der Waals surface area contributed by atoms with Gasteiger partial charge in [0.1, 0.15) is 0 Å². The van der Waals surface area contributed by atoms with E-state index in [0.717, 1.165) is 26.2 Å². The fourth-order valence-electron chi connectivity index (χ4n) is 1.72. The van der Waals surface area contributed by atoms with Crippen molar-refractivity contribution in [3.8, 4) is 0 Å². The van der Waals surface area contributed by atoms with Crippen LogP contribution in [-0.4, -0.2) is 35.3 Å². The molecule has 14 heavy (non-hydrogen) atoms. The molecular formula is C9H23ClN2OSi. The first-order valence-electron chi connectivity index (χ1n) is 5.46. The Bertz CT molecular complexity index is 123. The van der Waals surface area contributed by atoms with Crippen LogP contribution in [0.2, 0.25) is 12.1 Å². The number of hydrogen-bond acceptors (Lipinski definition) is 3. The first-order valence-corrected chi connectivity index (χ1v) is 7.56. The van der Waals surface area contributed by atoms with Crippen molar-refractivity contribution in [1.82, 2.24) is 5.32 Å². The van der Waals surface area contributed by atoms with Crippen LogP contribution in [0.15, 0.2) is 0 Å². The van der Waals surface area contributed by atoms with E-state index in [1.54, 1.807) is 0 Å². The molecular weight excluding hydrogens is 216 g/mol. The van der Waals surface area contributed by atoms with Gasteiger partial charge in [0.2, 0.25) is 0 Å². The molecule has 0 aromatic heterocycles. The summed E-state index contributed by atoms with van der Waals surface area (Å²) in [5, 5.41) is 3.32. The smallest absolute Gasteiger partial charge is 0.176 e. The van der Waals surface area contributed by atoms with Crippen LogP contribution in [0.25, 0.3) is 0 Å². The van der Waals surface area contributed by atoms with Crippen LogP contribution in [0, 0.1) is 0 Å². The van der Waals surface area contributed by atoms with E-state index in [0.29, 0.717) is 0 Å². The van der Waals surface area contributed by atoms with Crippen molar-refractivity contribution < 1.29 is 4.43 Å². The van der Waals surface area contributed by atoms with E-state index in [-0.39, 0.29) is 12.4 Å². The largest absolute Gasteiger partial charge is 0.420 e. The van der Waals surface area contributed by atoms with E-state index in [2.05, 4.69) is 5.32 Å². The average Bonchev–Trinajstić information content (AvgIpc) is 2.19. The van der Waals surface area contributed by atoms with Crippen molar-refractivity contribution in [2.24, 2.45) is 5.73 Å². The summed E-state index contributed by atoms with van der Waals surface area (Å²) in [6.07, 6.45) is 3.97. The highest BCUT2D eigenvalue weighted by Crippen LogP contribution is 2.14. The Labute approximate surface area is 94.9 Å². The average molecular weight is 239 g/mol. The van der Waals surface area contributed by atoms with E-state index in [1.165, 1.54) is 31.4 Å². The van der Waals surface area contributed by atoms with Gasteiger partial charge in [0.25, 0.3) is 0 Å². The van der Waals surface area contributed by atoms with Crippen molar-refractivity contribution >= 4 is 21.4 Å². The first kappa shape index (κ1) is 14.4. The van der Waals surface area contributed by atoms with Crippen LogP contribution >= 0.6 is 12.4 Å². The summed E-state index contributed by atoms with van der Waals surface area (Å²) in [6, 6.07) is 2.74. The normalized spacial score (nSPS) is 21.6. The SMILES string of the molecule is Cl.NCCNCCC[SiH]1CCCCO1. The van der Waals surface area contributed by atoms with Crippen molar-refractivity contribution in [2.75, 3.05) is 26.2 Å². The molecule has 86 valence electrons. The van der Waals surface area contributed by atoms with E-state index in [4.69, 9.17) is 10.2 Å². The van der Waals surface area contributed by atoms with Crippen molar-refractivity contribution in [3.63, 3.8) is 0 Å². The molecule has 0 radical (unpaired) electrons. The molecule has 0 aromatic carbocycles. The van der Waals surface area contributed by atoms with E-state index in [1.807, 2.05) is 0 Å². The molecule has 3 nitrogen and oxygen atoms in total. The molecule has 0 amide bonds. The molecule has 1 rings (SSSR count). The molecule has 1 saturated heterocycles. The lowest BCUT2D eigenvalue weighted by Crippen LogP contribution is -2.27.